The molecule has 1 amide bonds. The maximum absolute atomic E-state index is 12.5. The van der Waals surface area contributed by atoms with E-state index < -0.39 is 24.1 Å². The Balaban J connectivity index is 1.59. The average Bonchev–Trinajstić information content (AvgIpc) is 3.31. The number of fused-ring (bicyclic) bond motifs is 1. The fraction of sp³-hybridized carbons (Fsp3) is 0.294. The Morgan fingerprint density at radius 2 is 2.13 bits per heavy atom. The molecule has 158 valence electrons. The SMILES string of the molecule is O=C(Nc1ncnc2c1ncn2[C@H]1C[C@H](OP(O)(=S)S)[C@@H](CO)O1)c1ccccc1. The van der Waals surface area contributed by atoms with E-state index >= 15 is 0 Å². The topological polar surface area (TPSA) is 132 Å². The van der Waals surface area contributed by atoms with Crippen molar-refractivity contribution in [2.24, 2.45) is 0 Å². The zero-order valence-corrected chi connectivity index (χ0v) is 18.0. The minimum Gasteiger partial charge on any atom is -0.394 e. The van der Waals surface area contributed by atoms with Gasteiger partial charge in [-0.1, -0.05) is 30.4 Å². The van der Waals surface area contributed by atoms with Crippen LogP contribution in [0.5, 0.6) is 0 Å². The van der Waals surface area contributed by atoms with Gasteiger partial charge in [0, 0.05) is 12.0 Å². The van der Waals surface area contributed by atoms with Crippen LogP contribution in [0.2, 0.25) is 0 Å². The molecule has 3 heterocycles. The lowest BCUT2D eigenvalue weighted by Gasteiger charge is -2.19. The maximum atomic E-state index is 12.5. The zero-order chi connectivity index (χ0) is 21.3. The van der Waals surface area contributed by atoms with E-state index in [1.54, 1.807) is 28.8 Å². The molecule has 0 saturated carbocycles. The lowest BCUT2D eigenvalue weighted by molar-refractivity contribution is -0.0386. The number of ether oxygens (including phenoxy) is 1. The van der Waals surface area contributed by atoms with Gasteiger partial charge in [-0.25, -0.2) is 15.0 Å². The number of nitrogens with zero attached hydrogens (tertiary/aromatic N) is 4. The first-order valence-electron chi connectivity index (χ1n) is 8.90. The number of rotatable bonds is 6. The van der Waals surface area contributed by atoms with E-state index in [2.05, 4.69) is 32.5 Å². The van der Waals surface area contributed by atoms with E-state index in [1.165, 1.54) is 12.7 Å². The highest BCUT2D eigenvalue weighted by atomic mass is 32.9. The lowest BCUT2D eigenvalue weighted by Crippen LogP contribution is -2.26. The van der Waals surface area contributed by atoms with Crippen LogP contribution in [0, 0.1) is 0 Å². The van der Waals surface area contributed by atoms with E-state index in [0.29, 0.717) is 23.1 Å². The summed E-state index contributed by atoms with van der Waals surface area (Å²) in [5.41, 5.74) is -1.92. The first-order valence-corrected chi connectivity index (χ1v) is 12.7. The van der Waals surface area contributed by atoms with Crippen LogP contribution in [0.25, 0.3) is 11.2 Å². The third-order valence-corrected chi connectivity index (χ3v) is 5.66. The summed E-state index contributed by atoms with van der Waals surface area (Å²) in [7, 11) is 0. The number of aliphatic hydroxyl groups is 1. The molecule has 1 aromatic carbocycles. The van der Waals surface area contributed by atoms with Gasteiger partial charge in [0.15, 0.2) is 17.0 Å². The molecule has 4 rings (SSSR count). The molecule has 1 aliphatic rings. The van der Waals surface area contributed by atoms with Crippen LogP contribution < -0.4 is 5.32 Å². The third-order valence-electron chi connectivity index (χ3n) is 4.57. The summed E-state index contributed by atoms with van der Waals surface area (Å²) in [4.78, 5) is 34.9. The third kappa shape index (κ3) is 4.54. The number of aliphatic hydroxyl groups excluding tert-OH is 1. The molecule has 0 bridgehead atoms. The Morgan fingerprint density at radius 3 is 2.83 bits per heavy atom. The Morgan fingerprint density at radius 1 is 1.37 bits per heavy atom. The summed E-state index contributed by atoms with van der Waals surface area (Å²) in [5, 5.41) is 12.3. The number of thiol groups is 1. The maximum Gasteiger partial charge on any atom is 0.256 e. The van der Waals surface area contributed by atoms with Crippen molar-refractivity contribution in [3.05, 3.63) is 48.5 Å². The van der Waals surface area contributed by atoms with E-state index in [-0.39, 0.29) is 18.3 Å². The number of benzene rings is 1. The number of hydrogen-bond acceptors (Lipinski definition) is 8. The van der Waals surface area contributed by atoms with E-state index in [1.807, 2.05) is 6.07 Å². The Hall–Kier alpha value is -1.92. The number of carbonyl (C=O) groups excluding carboxylic acids is 1. The molecule has 3 N–H and O–H groups in total. The summed E-state index contributed by atoms with van der Waals surface area (Å²) in [6.07, 6.45) is 1.23. The van der Waals surface area contributed by atoms with Crippen LogP contribution in [0.1, 0.15) is 23.0 Å². The fourth-order valence-electron chi connectivity index (χ4n) is 3.25. The smallest absolute Gasteiger partial charge is 0.256 e. The van der Waals surface area contributed by atoms with E-state index in [0.717, 1.165) is 0 Å². The number of hydrogen-bond donors (Lipinski definition) is 4. The number of amides is 1. The monoisotopic (exact) mass is 467 g/mol. The van der Waals surface area contributed by atoms with E-state index in [4.69, 9.17) is 21.1 Å². The summed E-state index contributed by atoms with van der Waals surface area (Å²) >= 11 is 8.72. The van der Waals surface area contributed by atoms with Gasteiger partial charge in [0.25, 0.3) is 5.91 Å². The zero-order valence-electron chi connectivity index (χ0n) is 15.4. The number of nitrogens with one attached hydrogen (secondary N) is 1. The summed E-state index contributed by atoms with van der Waals surface area (Å²) < 4.78 is 12.9. The largest absolute Gasteiger partial charge is 0.394 e. The van der Waals surface area contributed by atoms with Gasteiger partial charge in [0.1, 0.15) is 18.7 Å². The Kier molecular flexibility index (Phi) is 6.16. The van der Waals surface area contributed by atoms with Crippen LogP contribution in [-0.2, 0) is 21.1 Å². The Labute approximate surface area is 181 Å². The summed E-state index contributed by atoms with van der Waals surface area (Å²) in [6.45, 7) is -0.315. The van der Waals surface area contributed by atoms with Crippen molar-refractivity contribution in [1.82, 2.24) is 19.5 Å². The number of imidazole rings is 1. The second-order valence-electron chi connectivity index (χ2n) is 6.55. The molecule has 1 fully saturated rings. The van der Waals surface area contributed by atoms with Gasteiger partial charge in [-0.2, -0.15) is 0 Å². The molecule has 1 aliphatic heterocycles. The summed E-state index contributed by atoms with van der Waals surface area (Å²) in [6, 6.07) is 8.74. The standard InChI is InChI=1S/C17H18N5O5PS2/c23-7-12-11(27-28(25,29)30)6-13(26-12)22-9-20-14-15(18-8-19-16(14)22)21-17(24)10-4-2-1-3-5-10/h1-5,8-9,11-13,23H,6-7H2,(H2,25,29,30)(H,18,19,21,24)/t11-,12+,13+/m0/s1. The predicted octanol–water partition coefficient (Wildman–Crippen LogP) is 1.89. The van der Waals surface area contributed by atoms with Gasteiger partial charge in [-0.15, -0.1) is 0 Å². The van der Waals surface area contributed by atoms with Crippen LogP contribution in [0.15, 0.2) is 43.0 Å². The average molecular weight is 467 g/mol. The predicted molar refractivity (Wildman–Crippen MR) is 116 cm³/mol. The van der Waals surface area contributed by atoms with Gasteiger partial charge < -0.3 is 24.6 Å². The van der Waals surface area contributed by atoms with E-state index in [9.17, 15) is 14.8 Å². The second kappa shape index (κ2) is 8.67. The molecule has 10 nitrogen and oxygen atoms in total. The molecule has 3 aromatic rings. The first kappa shape index (κ1) is 21.3. The molecular formula is C17H18N5O5PS2. The molecule has 1 unspecified atom stereocenters. The number of anilines is 1. The minimum absolute atomic E-state index is 0.262. The molecule has 0 spiro atoms. The van der Waals surface area contributed by atoms with Gasteiger partial charge in [-0.3, -0.25) is 9.36 Å². The van der Waals surface area contributed by atoms with Crippen LogP contribution >= 0.6 is 17.9 Å². The molecule has 0 aliphatic carbocycles. The lowest BCUT2D eigenvalue weighted by atomic mass is 10.2. The van der Waals surface area contributed by atoms with Crippen molar-refractivity contribution >= 4 is 52.6 Å². The van der Waals surface area contributed by atoms with Crippen molar-refractivity contribution in [3.63, 3.8) is 0 Å². The molecular weight excluding hydrogens is 449 g/mol. The van der Waals surface area contributed by atoms with Crippen molar-refractivity contribution in [2.45, 2.75) is 24.9 Å². The minimum atomic E-state index is -3.23. The van der Waals surface area contributed by atoms with Gasteiger partial charge >= 0.3 is 0 Å². The highest BCUT2D eigenvalue weighted by molar-refractivity contribution is 8.59. The van der Waals surface area contributed by atoms with Crippen molar-refractivity contribution in [1.29, 1.82) is 0 Å². The van der Waals surface area contributed by atoms with Crippen molar-refractivity contribution in [2.75, 3.05) is 11.9 Å². The molecule has 30 heavy (non-hydrogen) atoms. The number of aromatic nitrogens is 4. The molecule has 1 saturated heterocycles. The van der Waals surface area contributed by atoms with Gasteiger partial charge in [0.05, 0.1) is 19.0 Å². The normalized spacial score (nSPS) is 23.4. The summed E-state index contributed by atoms with van der Waals surface area (Å²) in [5.74, 6) is -0.0584. The number of carbonyl (C=O) groups is 1. The quantitative estimate of drug-likeness (QED) is 0.317. The fourth-order valence-corrected chi connectivity index (χ4v) is 4.52. The molecule has 2 aromatic heterocycles. The van der Waals surface area contributed by atoms with Gasteiger partial charge in [-0.05, 0) is 23.9 Å². The molecule has 0 radical (unpaired) electrons. The highest BCUT2D eigenvalue weighted by Crippen LogP contribution is 2.51. The van der Waals surface area contributed by atoms with Gasteiger partial charge in [0.2, 0.25) is 5.69 Å². The first-order chi connectivity index (χ1) is 14.4. The highest BCUT2D eigenvalue weighted by Gasteiger charge is 2.39. The Bertz CT molecular complexity index is 1110. The van der Waals surface area contributed by atoms with Crippen LogP contribution in [0.3, 0.4) is 0 Å². The van der Waals surface area contributed by atoms with Crippen molar-refractivity contribution in [3.8, 4) is 0 Å². The molecule has 4 atom stereocenters. The van der Waals surface area contributed by atoms with Crippen LogP contribution in [-0.4, -0.2) is 54.2 Å². The van der Waals surface area contributed by atoms with Crippen molar-refractivity contribution < 1.29 is 24.1 Å². The second-order valence-corrected chi connectivity index (χ2v) is 11.7. The molecule has 13 heteroatoms. The van der Waals surface area contributed by atoms with Crippen LogP contribution in [0.4, 0.5) is 5.82 Å².